The van der Waals surface area contributed by atoms with Crippen LogP contribution in [-0.4, -0.2) is 48.1 Å². The van der Waals surface area contributed by atoms with Gasteiger partial charge in [-0.25, -0.2) is 9.78 Å². The van der Waals surface area contributed by atoms with Crippen LogP contribution in [0.2, 0.25) is 0 Å². The van der Waals surface area contributed by atoms with Crippen LogP contribution >= 0.6 is 11.3 Å². The summed E-state index contributed by atoms with van der Waals surface area (Å²) in [6, 6.07) is 24.5. The number of anilines is 2. The maximum Gasteiger partial charge on any atom is 0.408 e. The van der Waals surface area contributed by atoms with Crippen molar-refractivity contribution in [2.45, 2.75) is 45.3 Å². The predicted octanol–water partition coefficient (Wildman–Crippen LogP) is 5.74. The molecule has 0 aliphatic rings. The van der Waals surface area contributed by atoms with Gasteiger partial charge in [0.25, 0.3) is 5.91 Å². The van der Waals surface area contributed by atoms with Crippen molar-refractivity contribution in [1.82, 2.24) is 10.3 Å². The highest BCUT2D eigenvalue weighted by molar-refractivity contribution is 7.87. The van der Waals surface area contributed by atoms with Crippen LogP contribution in [0.15, 0.2) is 90.3 Å². The normalized spacial score (nSPS) is 12.3. The predicted molar refractivity (Wildman–Crippen MR) is 169 cm³/mol. The largest absolute Gasteiger partial charge is 0.444 e. The number of para-hydroxylation sites is 1. The molecule has 2 amide bonds. The number of alkyl carbamates (subject to hydrolysis) is 1. The second kappa shape index (κ2) is 13.8. The number of aromatic nitrogens is 1. The number of ether oxygens (including phenoxy) is 1. The topological polar surface area (TPSA) is 138 Å². The molecule has 0 saturated heterocycles. The lowest BCUT2D eigenvalue weighted by Crippen LogP contribution is -2.51. The molecular formula is C31H34N4O6S2. The molecule has 0 radical (unpaired) electrons. The van der Waals surface area contributed by atoms with Gasteiger partial charge in [-0.15, -0.1) is 11.3 Å². The van der Waals surface area contributed by atoms with Crippen LogP contribution in [0.25, 0.3) is 10.6 Å². The summed E-state index contributed by atoms with van der Waals surface area (Å²) in [6.07, 6.45) is -0.313. The molecule has 0 spiro atoms. The first kappa shape index (κ1) is 31.7. The van der Waals surface area contributed by atoms with E-state index in [1.165, 1.54) is 22.3 Å². The summed E-state index contributed by atoms with van der Waals surface area (Å²) >= 11 is 1.38. The second-order valence-corrected chi connectivity index (χ2v) is 12.8. The molecule has 0 unspecified atom stereocenters. The summed E-state index contributed by atoms with van der Waals surface area (Å²) in [7, 11) is -4.51. The average Bonchev–Trinajstić information content (AvgIpc) is 3.43. The Hall–Kier alpha value is -4.26. The first-order valence-electron chi connectivity index (χ1n) is 13.6. The number of carbonyl (C=O) groups excluding carboxylic acids is 2. The quantitative estimate of drug-likeness (QED) is 0.182. The fourth-order valence-corrected chi connectivity index (χ4v) is 5.63. The van der Waals surface area contributed by atoms with Gasteiger partial charge in [-0.1, -0.05) is 78.9 Å². The lowest BCUT2D eigenvalue weighted by molar-refractivity contribution is -0.120. The molecule has 3 aromatic carbocycles. The molecule has 1 heterocycles. The molecule has 0 saturated carbocycles. The molecular weight excluding hydrogens is 588 g/mol. The van der Waals surface area contributed by atoms with Crippen LogP contribution in [-0.2, 0) is 32.7 Å². The van der Waals surface area contributed by atoms with Gasteiger partial charge >= 0.3 is 16.4 Å². The lowest BCUT2D eigenvalue weighted by Gasteiger charge is -2.28. The van der Waals surface area contributed by atoms with Crippen molar-refractivity contribution in [2.75, 3.05) is 16.2 Å². The number of nitrogens with zero attached hydrogens (tertiary/aromatic N) is 2. The highest BCUT2D eigenvalue weighted by Gasteiger charge is 2.30. The fourth-order valence-electron chi connectivity index (χ4n) is 4.34. The Labute approximate surface area is 255 Å². The summed E-state index contributed by atoms with van der Waals surface area (Å²) in [6.45, 7) is 5.32. The summed E-state index contributed by atoms with van der Waals surface area (Å²) in [5, 5.41) is 5.23. The molecule has 0 aliphatic heterocycles. The molecule has 4 aromatic rings. The van der Waals surface area contributed by atoms with Gasteiger partial charge < -0.3 is 10.1 Å². The first-order chi connectivity index (χ1) is 20.4. The van der Waals surface area contributed by atoms with E-state index in [2.05, 4.69) is 10.0 Å². The molecule has 1 aromatic heterocycles. The molecule has 0 fully saturated rings. The zero-order chi connectivity index (χ0) is 31.0. The third-order valence-electron chi connectivity index (χ3n) is 6.19. The number of benzene rings is 3. The molecule has 0 bridgehead atoms. The van der Waals surface area contributed by atoms with Gasteiger partial charge in [0.05, 0.1) is 5.69 Å². The third-order valence-corrected chi connectivity index (χ3v) is 7.54. The molecule has 12 heteroatoms. The van der Waals surface area contributed by atoms with Gasteiger partial charge in [-0.3, -0.25) is 19.0 Å². The van der Waals surface area contributed by atoms with Gasteiger partial charge in [0.2, 0.25) is 0 Å². The van der Waals surface area contributed by atoms with E-state index in [4.69, 9.17) is 9.72 Å². The van der Waals surface area contributed by atoms with Crippen LogP contribution in [0, 0.1) is 0 Å². The van der Waals surface area contributed by atoms with E-state index in [0.29, 0.717) is 16.4 Å². The average molecular weight is 623 g/mol. The Kier molecular flexibility index (Phi) is 10.2. The molecule has 3 N–H and O–H groups in total. The number of hydrogen-bond donors (Lipinski definition) is 3. The van der Waals surface area contributed by atoms with Crippen molar-refractivity contribution in [3.63, 3.8) is 0 Å². The van der Waals surface area contributed by atoms with Gasteiger partial charge in [-0.05, 0) is 44.4 Å². The first-order valence-corrected chi connectivity index (χ1v) is 15.9. The Morgan fingerprint density at radius 3 is 2.26 bits per heavy atom. The molecule has 0 aliphatic carbocycles. The van der Waals surface area contributed by atoms with Gasteiger partial charge in [0.1, 0.15) is 22.5 Å². The van der Waals surface area contributed by atoms with Gasteiger partial charge in [-0.2, -0.15) is 8.42 Å². The standard InChI is InChI=1S/C31H34N4O6S2/c1-31(2,3)41-30(37)32-26(20-22-12-6-4-7-13-22)29(36)35(27-21-42-28(33-27)24-15-8-5-9-16-24)19-18-23-14-10-11-17-25(23)34-43(38,39)40/h4-17,21,26,34H,18-20H2,1-3H3,(H,32,37)(H,38,39,40)/t26-/m0/s1. The van der Waals surface area contributed by atoms with E-state index < -0.39 is 33.9 Å². The Morgan fingerprint density at radius 2 is 1.60 bits per heavy atom. The van der Waals surface area contributed by atoms with E-state index in [0.717, 1.165) is 11.1 Å². The second-order valence-electron chi connectivity index (χ2n) is 10.7. The summed E-state index contributed by atoms with van der Waals surface area (Å²) < 4.78 is 40.0. The minimum absolute atomic E-state index is 0.0995. The number of thiazole rings is 1. The van der Waals surface area contributed by atoms with Crippen molar-refractivity contribution >= 4 is 45.1 Å². The zero-order valence-corrected chi connectivity index (χ0v) is 25.7. The summed E-state index contributed by atoms with van der Waals surface area (Å²) in [4.78, 5) is 33.4. The molecule has 226 valence electrons. The molecule has 43 heavy (non-hydrogen) atoms. The third kappa shape index (κ3) is 9.63. The van der Waals surface area contributed by atoms with Crippen molar-refractivity contribution in [1.29, 1.82) is 0 Å². The van der Waals surface area contributed by atoms with E-state index in [9.17, 15) is 22.6 Å². The highest BCUT2D eigenvalue weighted by Crippen LogP contribution is 2.29. The number of hydrogen-bond acceptors (Lipinski definition) is 7. The maximum absolute atomic E-state index is 14.3. The SMILES string of the molecule is CC(C)(C)OC(=O)N[C@@H](Cc1ccccc1)C(=O)N(CCc1ccccc1NS(=O)(=O)O)c1csc(-c2ccccc2)n1. The number of carbonyl (C=O) groups is 2. The van der Waals surface area contributed by atoms with Crippen LogP contribution in [0.4, 0.5) is 16.3 Å². The molecule has 4 rings (SSSR count). The van der Waals surface area contributed by atoms with Crippen LogP contribution < -0.4 is 14.9 Å². The van der Waals surface area contributed by atoms with Crippen molar-refractivity contribution in [3.8, 4) is 10.6 Å². The van der Waals surface area contributed by atoms with E-state index in [1.807, 2.05) is 60.7 Å². The highest BCUT2D eigenvalue weighted by atomic mass is 32.2. The zero-order valence-electron chi connectivity index (χ0n) is 24.1. The molecule has 1 atom stereocenters. The van der Waals surface area contributed by atoms with E-state index in [1.54, 1.807) is 44.4 Å². The van der Waals surface area contributed by atoms with Gasteiger partial charge in [0.15, 0.2) is 0 Å². The molecule has 10 nitrogen and oxygen atoms in total. The Balaban J connectivity index is 1.69. The Bertz CT molecular complexity index is 1640. The summed E-state index contributed by atoms with van der Waals surface area (Å²) in [5.41, 5.74) is 1.70. The lowest BCUT2D eigenvalue weighted by atomic mass is 10.0. The number of rotatable bonds is 11. The van der Waals surface area contributed by atoms with E-state index >= 15 is 0 Å². The monoisotopic (exact) mass is 622 g/mol. The van der Waals surface area contributed by atoms with Crippen LogP contribution in [0.5, 0.6) is 0 Å². The number of amides is 2. The Morgan fingerprint density at radius 1 is 0.977 bits per heavy atom. The van der Waals surface area contributed by atoms with Crippen LogP contribution in [0.3, 0.4) is 0 Å². The minimum atomic E-state index is -4.51. The van der Waals surface area contributed by atoms with E-state index in [-0.39, 0.29) is 25.1 Å². The van der Waals surface area contributed by atoms with Crippen molar-refractivity contribution in [3.05, 3.63) is 101 Å². The number of nitrogens with one attached hydrogen (secondary N) is 2. The smallest absolute Gasteiger partial charge is 0.408 e. The van der Waals surface area contributed by atoms with Gasteiger partial charge in [0, 0.05) is 23.9 Å². The minimum Gasteiger partial charge on any atom is -0.444 e. The fraction of sp³-hybridized carbons (Fsp3) is 0.258. The summed E-state index contributed by atoms with van der Waals surface area (Å²) in [5.74, 6) is -0.0297. The van der Waals surface area contributed by atoms with Crippen molar-refractivity contribution < 1.29 is 27.3 Å². The van der Waals surface area contributed by atoms with Crippen LogP contribution in [0.1, 0.15) is 31.9 Å². The maximum atomic E-state index is 14.3. The van der Waals surface area contributed by atoms with Crippen molar-refractivity contribution in [2.24, 2.45) is 0 Å².